The van der Waals surface area contributed by atoms with Crippen molar-refractivity contribution in [3.63, 3.8) is 0 Å². The zero-order chi connectivity index (χ0) is 8.69. The SMILES string of the molecule is CCCN(N)C(=O)COCC. The Labute approximate surface area is 67.3 Å². The van der Waals surface area contributed by atoms with E-state index < -0.39 is 0 Å². The Morgan fingerprint density at radius 3 is 2.64 bits per heavy atom. The molecule has 0 aliphatic heterocycles. The lowest BCUT2D eigenvalue weighted by Gasteiger charge is -2.14. The first-order chi connectivity index (χ1) is 5.22. The van der Waals surface area contributed by atoms with Crippen LogP contribution in [-0.4, -0.2) is 30.7 Å². The van der Waals surface area contributed by atoms with E-state index in [-0.39, 0.29) is 12.5 Å². The third kappa shape index (κ3) is 4.75. The molecule has 0 saturated heterocycles. The maximum Gasteiger partial charge on any atom is 0.262 e. The number of carbonyl (C=O) groups excluding carboxylic acids is 1. The number of hydrogen-bond acceptors (Lipinski definition) is 3. The van der Waals surface area contributed by atoms with E-state index in [0.29, 0.717) is 13.2 Å². The summed E-state index contributed by atoms with van der Waals surface area (Å²) in [5.74, 6) is 5.21. The Balaban J connectivity index is 3.47. The lowest BCUT2D eigenvalue weighted by Crippen LogP contribution is -2.40. The molecule has 0 radical (unpaired) electrons. The Hall–Kier alpha value is -0.610. The zero-order valence-corrected chi connectivity index (χ0v) is 7.17. The zero-order valence-electron chi connectivity index (χ0n) is 7.17. The average molecular weight is 160 g/mol. The normalized spacial score (nSPS) is 9.73. The molecule has 0 aromatic heterocycles. The first-order valence-electron chi connectivity index (χ1n) is 3.85. The molecular weight excluding hydrogens is 144 g/mol. The summed E-state index contributed by atoms with van der Waals surface area (Å²) in [4.78, 5) is 11.0. The fourth-order valence-corrected chi connectivity index (χ4v) is 0.638. The van der Waals surface area contributed by atoms with Gasteiger partial charge in [0.05, 0.1) is 0 Å². The predicted octanol–water partition coefficient (Wildman–Crippen LogP) is 0.135. The molecule has 0 rings (SSSR count). The van der Waals surface area contributed by atoms with E-state index in [9.17, 15) is 4.79 Å². The van der Waals surface area contributed by atoms with Gasteiger partial charge in [0.1, 0.15) is 6.61 Å². The molecule has 4 nitrogen and oxygen atoms in total. The monoisotopic (exact) mass is 160 g/mol. The van der Waals surface area contributed by atoms with Crippen molar-refractivity contribution < 1.29 is 9.53 Å². The number of hydrazine groups is 1. The molecule has 0 aliphatic rings. The van der Waals surface area contributed by atoms with Gasteiger partial charge in [-0.1, -0.05) is 6.92 Å². The summed E-state index contributed by atoms with van der Waals surface area (Å²) < 4.78 is 4.89. The number of nitrogens with zero attached hydrogens (tertiary/aromatic N) is 1. The van der Waals surface area contributed by atoms with Crippen molar-refractivity contribution in [1.29, 1.82) is 0 Å². The minimum atomic E-state index is -0.159. The van der Waals surface area contributed by atoms with Crippen molar-refractivity contribution in [2.45, 2.75) is 20.3 Å². The van der Waals surface area contributed by atoms with Gasteiger partial charge >= 0.3 is 0 Å². The van der Waals surface area contributed by atoms with E-state index in [1.807, 2.05) is 13.8 Å². The maximum atomic E-state index is 11.0. The molecule has 0 atom stereocenters. The van der Waals surface area contributed by atoms with Crippen LogP contribution in [0.4, 0.5) is 0 Å². The molecule has 0 aromatic carbocycles. The number of amides is 1. The summed E-state index contributed by atoms with van der Waals surface area (Å²) in [5, 5.41) is 1.19. The predicted molar refractivity (Wildman–Crippen MR) is 42.7 cm³/mol. The fraction of sp³-hybridized carbons (Fsp3) is 0.857. The molecule has 0 heterocycles. The minimum absolute atomic E-state index is 0.0903. The molecule has 4 heteroatoms. The van der Waals surface area contributed by atoms with Crippen molar-refractivity contribution >= 4 is 5.91 Å². The van der Waals surface area contributed by atoms with Gasteiger partial charge in [-0.3, -0.25) is 9.80 Å². The topological polar surface area (TPSA) is 55.6 Å². The second-order valence-electron chi connectivity index (χ2n) is 2.22. The van der Waals surface area contributed by atoms with Gasteiger partial charge in [0.25, 0.3) is 5.91 Å². The summed E-state index contributed by atoms with van der Waals surface area (Å²) in [6.45, 7) is 5.03. The summed E-state index contributed by atoms with van der Waals surface area (Å²) in [7, 11) is 0. The molecule has 0 aromatic rings. The van der Waals surface area contributed by atoms with Crippen LogP contribution in [0, 0.1) is 0 Å². The molecule has 0 spiro atoms. The molecule has 1 amide bonds. The standard InChI is InChI=1S/C7H16N2O2/c1-3-5-9(8)7(10)6-11-4-2/h3-6,8H2,1-2H3. The van der Waals surface area contributed by atoms with Crippen LogP contribution in [0.1, 0.15) is 20.3 Å². The Kier molecular flexibility index (Phi) is 5.78. The fourth-order valence-electron chi connectivity index (χ4n) is 0.638. The number of hydrogen-bond donors (Lipinski definition) is 1. The smallest absolute Gasteiger partial charge is 0.262 e. The Morgan fingerprint density at radius 2 is 2.18 bits per heavy atom. The molecular formula is C7H16N2O2. The van der Waals surface area contributed by atoms with Crippen LogP contribution in [0.25, 0.3) is 0 Å². The summed E-state index contributed by atoms with van der Waals surface area (Å²) in [6, 6.07) is 0. The van der Waals surface area contributed by atoms with E-state index >= 15 is 0 Å². The van der Waals surface area contributed by atoms with Crippen LogP contribution < -0.4 is 5.84 Å². The average Bonchev–Trinajstić information content (AvgIpc) is 2.00. The minimum Gasteiger partial charge on any atom is -0.372 e. The van der Waals surface area contributed by atoms with Gasteiger partial charge in [0.15, 0.2) is 0 Å². The van der Waals surface area contributed by atoms with E-state index in [4.69, 9.17) is 10.6 Å². The van der Waals surface area contributed by atoms with Crippen molar-refractivity contribution in [3.05, 3.63) is 0 Å². The lowest BCUT2D eigenvalue weighted by molar-refractivity contribution is -0.136. The molecule has 0 aliphatic carbocycles. The number of nitrogens with two attached hydrogens (primary N) is 1. The van der Waals surface area contributed by atoms with Crippen molar-refractivity contribution in [3.8, 4) is 0 Å². The van der Waals surface area contributed by atoms with Gasteiger partial charge in [0.2, 0.25) is 0 Å². The van der Waals surface area contributed by atoms with Crippen LogP contribution in [0.15, 0.2) is 0 Å². The second-order valence-corrected chi connectivity index (χ2v) is 2.22. The Morgan fingerprint density at radius 1 is 1.55 bits per heavy atom. The summed E-state index contributed by atoms with van der Waals surface area (Å²) in [5.41, 5.74) is 0. The van der Waals surface area contributed by atoms with Crippen LogP contribution in [0.2, 0.25) is 0 Å². The van der Waals surface area contributed by atoms with Crippen molar-refractivity contribution in [2.75, 3.05) is 19.8 Å². The molecule has 0 bridgehead atoms. The molecule has 0 unspecified atom stereocenters. The van der Waals surface area contributed by atoms with E-state index in [1.54, 1.807) is 0 Å². The molecule has 2 N–H and O–H groups in total. The molecule has 0 fully saturated rings. The number of ether oxygens (including phenoxy) is 1. The first kappa shape index (κ1) is 10.4. The molecule has 11 heavy (non-hydrogen) atoms. The van der Waals surface area contributed by atoms with Crippen LogP contribution >= 0.6 is 0 Å². The highest BCUT2D eigenvalue weighted by atomic mass is 16.5. The van der Waals surface area contributed by atoms with E-state index in [0.717, 1.165) is 6.42 Å². The maximum absolute atomic E-state index is 11.0. The third-order valence-corrected chi connectivity index (χ3v) is 1.21. The van der Waals surface area contributed by atoms with Crippen LogP contribution in [0.5, 0.6) is 0 Å². The third-order valence-electron chi connectivity index (χ3n) is 1.21. The van der Waals surface area contributed by atoms with Gasteiger partial charge in [-0.15, -0.1) is 0 Å². The molecule has 66 valence electrons. The van der Waals surface area contributed by atoms with Crippen LogP contribution in [0.3, 0.4) is 0 Å². The number of rotatable bonds is 5. The van der Waals surface area contributed by atoms with Gasteiger partial charge in [-0.2, -0.15) is 0 Å². The molecule has 0 saturated carbocycles. The number of carbonyl (C=O) groups is 1. The van der Waals surface area contributed by atoms with Crippen molar-refractivity contribution in [2.24, 2.45) is 5.84 Å². The van der Waals surface area contributed by atoms with Crippen LogP contribution in [-0.2, 0) is 9.53 Å². The highest BCUT2D eigenvalue weighted by molar-refractivity contribution is 5.76. The summed E-state index contributed by atoms with van der Waals surface area (Å²) in [6.07, 6.45) is 0.869. The van der Waals surface area contributed by atoms with E-state index in [1.165, 1.54) is 5.01 Å². The van der Waals surface area contributed by atoms with Gasteiger partial charge in [-0.25, -0.2) is 5.84 Å². The summed E-state index contributed by atoms with van der Waals surface area (Å²) >= 11 is 0. The first-order valence-corrected chi connectivity index (χ1v) is 3.85. The lowest BCUT2D eigenvalue weighted by atomic mass is 10.4. The van der Waals surface area contributed by atoms with Crippen molar-refractivity contribution in [1.82, 2.24) is 5.01 Å². The van der Waals surface area contributed by atoms with Gasteiger partial charge in [-0.05, 0) is 13.3 Å². The van der Waals surface area contributed by atoms with Gasteiger partial charge in [0, 0.05) is 13.2 Å². The Bertz CT molecular complexity index is 117. The highest BCUT2D eigenvalue weighted by Gasteiger charge is 2.06. The van der Waals surface area contributed by atoms with E-state index in [2.05, 4.69) is 0 Å². The quantitative estimate of drug-likeness (QED) is 0.353. The largest absolute Gasteiger partial charge is 0.372 e. The highest BCUT2D eigenvalue weighted by Crippen LogP contribution is 1.85. The van der Waals surface area contributed by atoms with Gasteiger partial charge < -0.3 is 4.74 Å². The second kappa shape index (κ2) is 6.12.